The van der Waals surface area contributed by atoms with Gasteiger partial charge in [-0.2, -0.15) is 52.7 Å². The van der Waals surface area contributed by atoms with Gasteiger partial charge in [0.2, 0.25) is 0 Å². The van der Waals surface area contributed by atoms with Crippen molar-refractivity contribution < 1.29 is 76.0 Å². The first-order valence-corrected chi connectivity index (χ1v) is 13.9. The number of hydrogen-bond donors (Lipinski definition) is 0. The van der Waals surface area contributed by atoms with E-state index in [4.69, 9.17) is 9.47 Å². The number of hydrogen-bond acceptors (Lipinski definition) is 4. The van der Waals surface area contributed by atoms with E-state index in [1.54, 1.807) is 6.92 Å². The average Bonchev–Trinajstić information content (AvgIpc) is 2.90. The van der Waals surface area contributed by atoms with Crippen LogP contribution < -0.4 is 0 Å². The van der Waals surface area contributed by atoms with Crippen molar-refractivity contribution in [1.82, 2.24) is 0 Å². The van der Waals surface area contributed by atoms with Crippen LogP contribution >= 0.6 is 0 Å². The highest BCUT2D eigenvalue weighted by Gasteiger charge is 2.78. The molecule has 0 spiro atoms. The van der Waals surface area contributed by atoms with Crippen LogP contribution in [0.5, 0.6) is 0 Å². The van der Waals surface area contributed by atoms with Crippen LogP contribution in [0.1, 0.15) is 71.1 Å². The minimum atomic E-state index is -6.09. The molecule has 2 saturated carbocycles. The van der Waals surface area contributed by atoms with Gasteiger partial charge in [0.1, 0.15) is 6.79 Å². The smallest absolute Gasteiger partial charge is 0.379 e. The normalized spacial score (nSPS) is 21.8. The van der Waals surface area contributed by atoms with Crippen molar-refractivity contribution in [2.75, 3.05) is 40.4 Å². The van der Waals surface area contributed by atoms with Crippen molar-refractivity contribution in [3.05, 3.63) is 0 Å². The first kappa shape index (κ1) is 40.0. The van der Waals surface area contributed by atoms with Crippen LogP contribution in [0.3, 0.4) is 0 Å². The van der Waals surface area contributed by atoms with Crippen molar-refractivity contribution in [2.45, 2.75) is 107 Å². The summed E-state index contributed by atoms with van der Waals surface area (Å²) in [7, 11) is 0.500. The molecule has 2 fully saturated rings. The summed E-state index contributed by atoms with van der Waals surface area (Å²) < 4.78 is 197. The zero-order chi connectivity index (χ0) is 33.2. The van der Waals surface area contributed by atoms with Gasteiger partial charge < -0.3 is 18.9 Å². The van der Waals surface area contributed by atoms with Gasteiger partial charge in [0.15, 0.2) is 0 Å². The standard InChI is InChI=1S/C25H36F12O4.CH3F/c1-2-12-38-13-14-40-20(22(26,27)28,23(29,30)31)18-8-10-19(11-9-18)21(24(32,33)34,25(35,36)37)41-16-39-15-17-6-4-3-5-7-17;1-2/h17-19H,2-16H2,1H3;1H3. The molecule has 0 unspecified atom stereocenters. The molecule has 0 aromatic rings. The fraction of sp³-hybridized carbons (Fsp3) is 1.00. The molecule has 2 rings (SSSR count). The van der Waals surface area contributed by atoms with Crippen molar-refractivity contribution in [3.8, 4) is 0 Å². The lowest BCUT2D eigenvalue weighted by Crippen LogP contribution is -2.66. The topological polar surface area (TPSA) is 36.9 Å². The summed E-state index contributed by atoms with van der Waals surface area (Å²) in [4.78, 5) is 0. The lowest BCUT2D eigenvalue weighted by atomic mass is 9.67. The summed E-state index contributed by atoms with van der Waals surface area (Å²) in [6, 6.07) is 0. The fourth-order valence-corrected chi connectivity index (χ4v) is 5.93. The summed E-state index contributed by atoms with van der Waals surface area (Å²) >= 11 is 0. The third-order valence-electron chi connectivity index (χ3n) is 7.92. The summed E-state index contributed by atoms with van der Waals surface area (Å²) in [6.07, 6.45) is -25.0. The molecule has 0 radical (unpaired) electrons. The lowest BCUT2D eigenvalue weighted by Gasteiger charge is -2.48. The van der Waals surface area contributed by atoms with Gasteiger partial charge in [0.05, 0.1) is 27.0 Å². The van der Waals surface area contributed by atoms with Crippen molar-refractivity contribution >= 4 is 0 Å². The predicted molar refractivity (Wildman–Crippen MR) is 128 cm³/mol. The van der Waals surface area contributed by atoms with Crippen LogP contribution in [-0.4, -0.2) is 76.3 Å². The Morgan fingerprint density at radius 2 is 0.930 bits per heavy atom. The second-order valence-corrected chi connectivity index (χ2v) is 10.6. The summed E-state index contributed by atoms with van der Waals surface area (Å²) in [6.45, 7) is -1.64. The minimum absolute atomic E-state index is 0.0286. The summed E-state index contributed by atoms with van der Waals surface area (Å²) in [5, 5.41) is 0. The monoisotopic (exact) mass is 662 g/mol. The second kappa shape index (κ2) is 16.5. The van der Waals surface area contributed by atoms with Gasteiger partial charge in [-0.3, -0.25) is 4.39 Å². The fourth-order valence-electron chi connectivity index (χ4n) is 5.93. The van der Waals surface area contributed by atoms with Crippen molar-refractivity contribution in [1.29, 1.82) is 0 Å². The van der Waals surface area contributed by atoms with Gasteiger partial charge in [0, 0.05) is 18.4 Å². The Hall–Kier alpha value is -1.07. The number of rotatable bonds is 13. The van der Waals surface area contributed by atoms with Crippen LogP contribution in [0.15, 0.2) is 0 Å². The molecule has 4 nitrogen and oxygen atoms in total. The molecular formula is C26H39F13O4. The molecule has 2 aliphatic carbocycles. The number of alkyl halides is 13. The predicted octanol–water partition coefficient (Wildman–Crippen LogP) is 9.12. The van der Waals surface area contributed by atoms with Crippen LogP contribution in [-0.2, 0) is 18.9 Å². The number of halogens is 13. The van der Waals surface area contributed by atoms with E-state index in [0.717, 1.165) is 19.3 Å². The van der Waals surface area contributed by atoms with Gasteiger partial charge >= 0.3 is 24.7 Å². The summed E-state index contributed by atoms with van der Waals surface area (Å²) in [5.74, 6) is -5.07. The Labute approximate surface area is 241 Å². The highest BCUT2D eigenvalue weighted by Crippen LogP contribution is 2.59. The molecule has 43 heavy (non-hydrogen) atoms. The quantitative estimate of drug-likeness (QED) is 0.112. The van der Waals surface area contributed by atoms with Crippen LogP contribution in [0.2, 0.25) is 0 Å². The molecule has 0 aromatic heterocycles. The molecule has 0 saturated heterocycles. The van der Waals surface area contributed by atoms with E-state index in [1.165, 1.54) is 0 Å². The van der Waals surface area contributed by atoms with E-state index in [0.29, 0.717) is 26.4 Å². The first-order valence-electron chi connectivity index (χ1n) is 13.9. The molecule has 0 aromatic carbocycles. The van der Waals surface area contributed by atoms with Gasteiger partial charge in [-0.15, -0.1) is 0 Å². The SMILES string of the molecule is CCCOCCOC(C1CCC(C(OCOCC2CCCCC2)(C(F)(F)F)C(F)(F)F)CC1)(C(F)(F)F)C(F)(F)F.CF. The molecule has 0 atom stereocenters. The maximum Gasteiger partial charge on any atom is 0.426 e. The minimum Gasteiger partial charge on any atom is -0.379 e. The molecule has 17 heteroatoms. The van der Waals surface area contributed by atoms with Gasteiger partial charge in [0.25, 0.3) is 11.2 Å². The maximum atomic E-state index is 14.1. The van der Waals surface area contributed by atoms with Gasteiger partial charge in [-0.05, 0) is 50.9 Å². The summed E-state index contributed by atoms with van der Waals surface area (Å²) in [5.41, 5.74) is -9.64. The van der Waals surface area contributed by atoms with Crippen molar-refractivity contribution in [3.63, 3.8) is 0 Å². The molecular weight excluding hydrogens is 623 g/mol. The zero-order valence-corrected chi connectivity index (χ0v) is 23.9. The average molecular weight is 663 g/mol. The molecule has 0 bridgehead atoms. The second-order valence-electron chi connectivity index (χ2n) is 10.6. The Morgan fingerprint density at radius 3 is 1.33 bits per heavy atom. The highest BCUT2D eigenvalue weighted by atomic mass is 19.4. The Kier molecular flexibility index (Phi) is 15.3. The van der Waals surface area contributed by atoms with Crippen LogP contribution in [0.25, 0.3) is 0 Å². The first-order chi connectivity index (χ1) is 19.8. The third-order valence-corrected chi connectivity index (χ3v) is 7.92. The van der Waals surface area contributed by atoms with Crippen molar-refractivity contribution in [2.24, 2.45) is 17.8 Å². The van der Waals surface area contributed by atoms with Gasteiger partial charge in [-0.25, -0.2) is 0 Å². The van der Waals surface area contributed by atoms with Gasteiger partial charge in [-0.1, -0.05) is 26.2 Å². The Bertz CT molecular complexity index is 739. The highest BCUT2D eigenvalue weighted by molar-refractivity contribution is 5.07. The molecule has 2 aliphatic rings. The zero-order valence-electron chi connectivity index (χ0n) is 23.9. The van der Waals surface area contributed by atoms with E-state index in [1.807, 2.05) is 0 Å². The molecule has 0 aliphatic heterocycles. The third kappa shape index (κ3) is 9.47. The Balaban J connectivity index is 0.00000452. The van der Waals surface area contributed by atoms with E-state index in [2.05, 4.69) is 9.47 Å². The van der Waals surface area contributed by atoms with Crippen LogP contribution in [0.4, 0.5) is 57.1 Å². The van der Waals surface area contributed by atoms with E-state index >= 15 is 0 Å². The van der Waals surface area contributed by atoms with Crippen LogP contribution in [0, 0.1) is 17.8 Å². The molecule has 0 amide bonds. The number of ether oxygens (including phenoxy) is 4. The molecule has 0 N–H and O–H groups in total. The maximum absolute atomic E-state index is 14.1. The van der Waals surface area contributed by atoms with E-state index < -0.39 is 93.4 Å². The van der Waals surface area contributed by atoms with E-state index in [9.17, 15) is 57.1 Å². The largest absolute Gasteiger partial charge is 0.426 e. The Morgan fingerprint density at radius 1 is 0.512 bits per heavy atom. The molecule has 0 heterocycles. The molecule has 258 valence electrons. The lowest BCUT2D eigenvalue weighted by molar-refractivity contribution is -0.418. The van der Waals surface area contributed by atoms with E-state index in [-0.39, 0.29) is 19.1 Å².